The van der Waals surface area contributed by atoms with Gasteiger partial charge in [-0.05, 0) is 186 Å². The fourth-order valence-electron chi connectivity index (χ4n) is 11.8. The molecule has 0 unspecified atom stereocenters. The number of ether oxygens (including phenoxy) is 2. The Morgan fingerprint density at radius 2 is 1.07 bits per heavy atom. The highest BCUT2D eigenvalue weighted by atomic mass is 35.5. The van der Waals surface area contributed by atoms with Crippen molar-refractivity contribution < 1.29 is 54.7 Å². The van der Waals surface area contributed by atoms with Crippen molar-refractivity contribution in [2.75, 3.05) is 139 Å². The van der Waals surface area contributed by atoms with Crippen molar-refractivity contribution in [2.24, 2.45) is 11.8 Å². The number of carbonyl (C=O) groups is 2. The summed E-state index contributed by atoms with van der Waals surface area (Å²) in [6, 6.07) is 18.5. The van der Waals surface area contributed by atoms with Crippen molar-refractivity contribution in [3.05, 3.63) is 100 Å². The molecule has 5 saturated heterocycles. The van der Waals surface area contributed by atoms with E-state index in [1.54, 1.807) is 12.1 Å². The molecule has 5 fully saturated rings. The molecule has 2 N–H and O–H groups in total. The van der Waals surface area contributed by atoms with Gasteiger partial charge in [-0.15, -0.1) is 0 Å². The van der Waals surface area contributed by atoms with E-state index in [0.29, 0.717) is 68.9 Å². The van der Waals surface area contributed by atoms with Crippen molar-refractivity contribution in [3.63, 3.8) is 0 Å². The number of morpholine rings is 2. The fraction of sp³-hybridized carbons (Fsp3) is 0.562. The monoisotopic (exact) mass is 1250 g/mol. The SMILES string of the molecule is CN1CC=C(B2OC(C)(C)C(C)(C)O2)CC1.Cc1ccc(NC(=O)N2CC[C@@H](CC(F)(F)F)C2)cc1-c1cc(C2=CCN(C)CC2)nc(N2CCOCC2)c1.Cc1ccc(NC(=O)N2CC[C@@H](CC(F)(F)F)C2)cc1-c1cc(Cl)nc(N2CCOCC2)c1. The highest BCUT2D eigenvalue weighted by molar-refractivity contribution is 6.54. The van der Waals surface area contributed by atoms with Gasteiger partial charge in [0.1, 0.15) is 16.8 Å². The van der Waals surface area contributed by atoms with Gasteiger partial charge in [0, 0.05) is 103 Å². The number of amides is 4. The van der Waals surface area contributed by atoms with Gasteiger partial charge in [-0.1, -0.05) is 35.9 Å². The number of hydrogen-bond acceptors (Lipinski definition) is 12. The van der Waals surface area contributed by atoms with Crippen molar-refractivity contribution in [1.29, 1.82) is 0 Å². The third-order valence-corrected chi connectivity index (χ3v) is 18.0. The summed E-state index contributed by atoms with van der Waals surface area (Å²) in [5.41, 5.74) is 10.1. The van der Waals surface area contributed by atoms with Gasteiger partial charge in [-0.25, -0.2) is 19.6 Å². The van der Waals surface area contributed by atoms with Crippen LogP contribution in [0.2, 0.25) is 5.15 Å². The molecule has 0 bridgehead atoms. The second-order valence-electron chi connectivity index (χ2n) is 25.2. The smallest absolute Gasteiger partial charge is 0.400 e. The van der Waals surface area contributed by atoms with Crippen LogP contribution < -0.4 is 20.4 Å². The van der Waals surface area contributed by atoms with E-state index in [1.165, 1.54) is 20.8 Å². The number of pyridine rings is 2. The first-order chi connectivity index (χ1) is 41.6. The summed E-state index contributed by atoms with van der Waals surface area (Å²) in [6.45, 7) is 22.8. The molecular weight excluding hydrogens is 1170 g/mol. The lowest BCUT2D eigenvalue weighted by Crippen LogP contribution is -2.41. The summed E-state index contributed by atoms with van der Waals surface area (Å²) in [4.78, 5) is 46.9. The minimum Gasteiger partial charge on any atom is -0.400 e. The number of hydrogen-bond donors (Lipinski definition) is 2. The van der Waals surface area contributed by atoms with Crippen molar-refractivity contribution in [1.82, 2.24) is 29.6 Å². The minimum absolute atomic E-state index is 0.104. The Hall–Kier alpha value is -5.95. The number of nitrogens with zero attached hydrogens (tertiary/aromatic N) is 8. The van der Waals surface area contributed by atoms with Crippen LogP contribution in [-0.2, 0) is 18.8 Å². The topological polar surface area (TPSA) is 140 Å². The molecule has 88 heavy (non-hydrogen) atoms. The third-order valence-electron chi connectivity index (χ3n) is 17.8. The van der Waals surface area contributed by atoms with E-state index in [4.69, 9.17) is 35.4 Å². The number of carbonyl (C=O) groups excluding carboxylic acids is 2. The zero-order valence-electron chi connectivity index (χ0n) is 51.9. The van der Waals surface area contributed by atoms with Crippen LogP contribution in [0.4, 0.5) is 58.9 Å². The summed E-state index contributed by atoms with van der Waals surface area (Å²) in [5.74, 6) is 0.573. The maximum atomic E-state index is 12.9. The zero-order chi connectivity index (χ0) is 63.1. The molecule has 2 atom stereocenters. The number of halogens is 7. The second-order valence-corrected chi connectivity index (χ2v) is 25.6. The number of aromatic nitrogens is 2. The van der Waals surface area contributed by atoms with Crippen LogP contribution in [0, 0.1) is 25.7 Å². The molecule has 0 aliphatic carbocycles. The Morgan fingerprint density at radius 1 is 0.614 bits per heavy atom. The first-order valence-corrected chi connectivity index (χ1v) is 31.0. The van der Waals surface area contributed by atoms with Gasteiger partial charge >= 0.3 is 31.5 Å². The number of urea groups is 2. The fourth-order valence-corrected chi connectivity index (χ4v) is 12.0. The molecule has 11 rings (SSSR count). The molecule has 16 nitrogen and oxygen atoms in total. The molecule has 4 amide bonds. The Bertz CT molecular complexity index is 3140. The summed E-state index contributed by atoms with van der Waals surface area (Å²) in [6.07, 6.45) is -2.97. The van der Waals surface area contributed by atoms with E-state index >= 15 is 0 Å². The van der Waals surface area contributed by atoms with Crippen molar-refractivity contribution in [3.8, 4) is 22.3 Å². The first-order valence-electron chi connectivity index (χ1n) is 30.6. The van der Waals surface area contributed by atoms with Crippen molar-refractivity contribution in [2.45, 2.75) is 104 Å². The molecule has 0 radical (unpaired) electrons. The van der Waals surface area contributed by atoms with Crippen molar-refractivity contribution >= 4 is 59.4 Å². The van der Waals surface area contributed by atoms with Gasteiger partial charge in [0.2, 0.25) is 0 Å². The molecule has 0 saturated carbocycles. The van der Waals surface area contributed by atoms with E-state index in [-0.39, 0.29) is 37.4 Å². The first kappa shape index (κ1) is 66.5. The van der Waals surface area contributed by atoms with E-state index in [1.807, 2.05) is 50.2 Å². The van der Waals surface area contributed by atoms with E-state index in [0.717, 1.165) is 116 Å². The highest BCUT2D eigenvalue weighted by Crippen LogP contribution is 2.41. The standard InChI is InChI=1S/C29H36F3N5O2.C23H26ClF3N4O2.C12H22BNO2/c1-20-3-4-24(33-28(38)37-10-5-21(19-37)18-29(30,31)32)17-25(20)23-15-26(22-6-8-35(2)9-7-22)34-27(16-23)36-11-13-39-14-12-36;1-15-2-3-18(28-22(32)31-5-4-16(14-31)13-23(25,26)27)12-19(15)17-10-20(24)29-21(11-17)30-6-8-33-9-7-30;1-11(2)12(3,4)16-13(15-11)10-6-8-14(5)9-7-10/h3-4,6,15-17,21H,5,7-14,18-19H2,1-2H3,(H,33,38);2-3,10-12,16H,4-9,13-14H2,1H3,(H,28,32);6H,7-9H2,1-5H3/t21-;16-;/m00./s1. The summed E-state index contributed by atoms with van der Waals surface area (Å²) in [5, 5.41) is 6.11. The third kappa shape index (κ3) is 17.9. The van der Waals surface area contributed by atoms with Gasteiger partial charge in [-0.2, -0.15) is 26.3 Å². The largest absolute Gasteiger partial charge is 0.490 e. The van der Waals surface area contributed by atoms with Crippen LogP contribution in [0.1, 0.15) is 83.0 Å². The lowest BCUT2D eigenvalue weighted by Gasteiger charge is -2.32. The number of alkyl halides is 6. The van der Waals surface area contributed by atoms with Crippen LogP contribution in [0.15, 0.2) is 78.3 Å². The Kier molecular flexibility index (Phi) is 21.5. The Morgan fingerprint density at radius 3 is 1.51 bits per heavy atom. The molecule has 2 aromatic carbocycles. The normalized spacial score (nSPS) is 21.7. The maximum Gasteiger partial charge on any atom is 0.490 e. The summed E-state index contributed by atoms with van der Waals surface area (Å²) >= 11 is 6.32. The number of likely N-dealkylation sites (N-methyl/N-ethyl adjacent to an activating group) is 2. The molecule has 9 heterocycles. The van der Waals surface area contributed by atoms with Gasteiger partial charge in [0.25, 0.3) is 0 Å². The van der Waals surface area contributed by atoms with E-state index < -0.39 is 43.1 Å². The van der Waals surface area contributed by atoms with Gasteiger partial charge in [0.15, 0.2) is 0 Å². The quantitative estimate of drug-likeness (QED) is 0.0887. The summed E-state index contributed by atoms with van der Waals surface area (Å²) in [7, 11) is 4.11. The average molecular weight is 1250 g/mol. The molecule has 2 aromatic heterocycles. The number of nitrogens with one attached hydrogen (secondary N) is 2. The minimum atomic E-state index is -4.21. The maximum absolute atomic E-state index is 12.9. The van der Waals surface area contributed by atoms with Crippen LogP contribution >= 0.6 is 11.6 Å². The molecule has 4 aromatic rings. The molecule has 7 aliphatic rings. The second kappa shape index (κ2) is 28.5. The number of rotatable bonds is 10. The molecule has 24 heteroatoms. The molecule has 478 valence electrons. The Labute approximate surface area is 519 Å². The predicted molar refractivity (Wildman–Crippen MR) is 335 cm³/mol. The lowest BCUT2D eigenvalue weighted by atomic mass is 9.75. The molecule has 0 spiro atoms. The van der Waals surface area contributed by atoms with Gasteiger partial charge in [-0.3, -0.25) is 0 Å². The number of aryl methyl sites for hydroxylation is 2. The lowest BCUT2D eigenvalue weighted by molar-refractivity contribution is -0.144. The summed E-state index contributed by atoms with van der Waals surface area (Å²) < 4.78 is 99.4. The van der Waals surface area contributed by atoms with E-state index in [2.05, 4.69) is 101 Å². The predicted octanol–water partition coefficient (Wildman–Crippen LogP) is 12.7. The number of benzene rings is 2. The number of anilines is 4. The zero-order valence-corrected chi connectivity index (χ0v) is 52.6. The van der Waals surface area contributed by atoms with Crippen LogP contribution in [0.3, 0.4) is 0 Å². The van der Waals surface area contributed by atoms with Gasteiger partial charge in [0.05, 0.1) is 43.3 Å². The van der Waals surface area contributed by atoms with Crippen LogP contribution in [0.25, 0.3) is 27.8 Å². The van der Waals surface area contributed by atoms with Crippen LogP contribution in [-0.4, -0.2) is 191 Å². The Balaban J connectivity index is 0.000000170. The molecule has 7 aliphatic heterocycles. The van der Waals surface area contributed by atoms with Crippen LogP contribution in [0.5, 0.6) is 0 Å². The molecular formula is C64H84BClF6N10O6. The average Bonchev–Trinajstić information content (AvgIpc) is 1.74. The number of likely N-dealkylation sites (tertiary alicyclic amines) is 2. The van der Waals surface area contributed by atoms with Gasteiger partial charge < -0.3 is 58.8 Å². The highest BCUT2D eigenvalue weighted by Gasteiger charge is 2.52. The van der Waals surface area contributed by atoms with E-state index in [9.17, 15) is 35.9 Å².